The van der Waals surface area contributed by atoms with Crippen molar-refractivity contribution in [1.29, 1.82) is 0 Å². The Morgan fingerprint density at radius 2 is 1.65 bits per heavy atom. The van der Waals surface area contributed by atoms with Gasteiger partial charge in [-0.1, -0.05) is 53.0 Å². The van der Waals surface area contributed by atoms with Gasteiger partial charge in [-0.3, -0.25) is 9.52 Å². The van der Waals surface area contributed by atoms with E-state index in [9.17, 15) is 13.2 Å². The van der Waals surface area contributed by atoms with Gasteiger partial charge in [0.05, 0.1) is 10.6 Å². The van der Waals surface area contributed by atoms with Crippen LogP contribution in [0.1, 0.15) is 32.6 Å². The standard InChI is InChI=1S/C23H22Cl2N2O3S/c1-14-4-9-21(16(3)10-14)27-31(29,30)22-11-17(6-5-15(22)2)23(28)26-13-18-7-8-19(24)12-20(18)25/h4-12,27H,13H2,1-3H3,(H,26,28). The van der Waals surface area contributed by atoms with Crippen molar-refractivity contribution in [2.75, 3.05) is 4.72 Å². The Bertz CT molecular complexity index is 1260. The Labute approximate surface area is 192 Å². The van der Waals surface area contributed by atoms with Gasteiger partial charge in [0.15, 0.2) is 0 Å². The van der Waals surface area contributed by atoms with Gasteiger partial charge in [-0.05, 0) is 67.8 Å². The molecule has 0 saturated carbocycles. The monoisotopic (exact) mass is 476 g/mol. The van der Waals surface area contributed by atoms with E-state index in [4.69, 9.17) is 23.2 Å². The van der Waals surface area contributed by atoms with Gasteiger partial charge in [0, 0.05) is 22.2 Å². The zero-order valence-electron chi connectivity index (χ0n) is 17.3. The molecule has 31 heavy (non-hydrogen) atoms. The smallest absolute Gasteiger partial charge is 0.262 e. The van der Waals surface area contributed by atoms with Gasteiger partial charge in [-0.25, -0.2) is 8.42 Å². The number of aryl methyl sites for hydroxylation is 3. The fraction of sp³-hybridized carbons (Fsp3) is 0.174. The van der Waals surface area contributed by atoms with Crippen LogP contribution in [0.2, 0.25) is 10.0 Å². The zero-order valence-corrected chi connectivity index (χ0v) is 19.6. The van der Waals surface area contributed by atoms with Crippen molar-refractivity contribution in [3.8, 4) is 0 Å². The van der Waals surface area contributed by atoms with Crippen molar-refractivity contribution in [2.24, 2.45) is 0 Å². The minimum atomic E-state index is -3.88. The van der Waals surface area contributed by atoms with Gasteiger partial charge in [-0.15, -0.1) is 0 Å². The molecule has 2 N–H and O–H groups in total. The van der Waals surface area contributed by atoms with E-state index in [1.54, 1.807) is 43.3 Å². The molecule has 0 spiro atoms. The van der Waals surface area contributed by atoms with E-state index in [1.165, 1.54) is 6.07 Å². The molecule has 162 valence electrons. The molecular formula is C23H22Cl2N2O3S. The molecule has 0 aliphatic carbocycles. The molecule has 0 radical (unpaired) electrons. The summed E-state index contributed by atoms with van der Waals surface area (Å²) in [4.78, 5) is 12.7. The van der Waals surface area contributed by atoms with Crippen LogP contribution in [0, 0.1) is 20.8 Å². The summed E-state index contributed by atoms with van der Waals surface area (Å²) < 4.78 is 28.7. The number of amides is 1. The zero-order chi connectivity index (χ0) is 22.8. The van der Waals surface area contributed by atoms with Crippen molar-refractivity contribution in [3.05, 3.63) is 92.5 Å². The molecule has 3 aromatic rings. The van der Waals surface area contributed by atoms with Gasteiger partial charge in [0.25, 0.3) is 15.9 Å². The van der Waals surface area contributed by atoms with Crippen LogP contribution in [0.3, 0.4) is 0 Å². The molecule has 0 unspecified atom stereocenters. The number of rotatable bonds is 6. The van der Waals surface area contributed by atoms with Gasteiger partial charge in [0.1, 0.15) is 0 Å². The molecule has 0 heterocycles. The van der Waals surface area contributed by atoms with Crippen LogP contribution >= 0.6 is 23.2 Å². The number of sulfonamides is 1. The van der Waals surface area contributed by atoms with Gasteiger partial charge < -0.3 is 5.32 Å². The van der Waals surface area contributed by atoms with E-state index < -0.39 is 15.9 Å². The molecule has 3 aromatic carbocycles. The quantitative estimate of drug-likeness (QED) is 0.482. The molecule has 0 aliphatic rings. The number of anilines is 1. The fourth-order valence-corrected chi connectivity index (χ4v) is 4.98. The Kier molecular flexibility index (Phi) is 6.94. The molecule has 0 fully saturated rings. The van der Waals surface area contributed by atoms with E-state index in [0.717, 1.165) is 11.1 Å². The molecule has 5 nitrogen and oxygen atoms in total. The maximum Gasteiger partial charge on any atom is 0.262 e. The minimum absolute atomic E-state index is 0.0460. The Morgan fingerprint density at radius 3 is 2.32 bits per heavy atom. The third-order valence-electron chi connectivity index (χ3n) is 4.82. The largest absolute Gasteiger partial charge is 0.348 e. The number of carbonyl (C=O) groups excluding carboxylic acids is 1. The second-order valence-corrected chi connectivity index (χ2v) is 9.82. The first-order valence-electron chi connectivity index (χ1n) is 9.49. The predicted molar refractivity (Wildman–Crippen MR) is 126 cm³/mol. The summed E-state index contributed by atoms with van der Waals surface area (Å²) >= 11 is 12.0. The molecule has 0 atom stereocenters. The topological polar surface area (TPSA) is 75.3 Å². The summed E-state index contributed by atoms with van der Waals surface area (Å²) in [5, 5.41) is 3.70. The molecule has 0 bridgehead atoms. The summed E-state index contributed by atoms with van der Waals surface area (Å²) in [7, 11) is -3.88. The molecule has 8 heteroatoms. The lowest BCUT2D eigenvalue weighted by Crippen LogP contribution is -2.24. The van der Waals surface area contributed by atoms with Gasteiger partial charge >= 0.3 is 0 Å². The third kappa shape index (κ3) is 5.58. The highest BCUT2D eigenvalue weighted by atomic mass is 35.5. The van der Waals surface area contributed by atoms with Crippen molar-refractivity contribution < 1.29 is 13.2 Å². The summed E-state index contributed by atoms with van der Waals surface area (Å²) in [6.45, 7) is 5.65. The molecule has 0 aromatic heterocycles. The minimum Gasteiger partial charge on any atom is -0.348 e. The Hall–Kier alpha value is -2.54. The van der Waals surface area contributed by atoms with E-state index >= 15 is 0 Å². The lowest BCUT2D eigenvalue weighted by Gasteiger charge is -2.14. The molecular weight excluding hydrogens is 455 g/mol. The molecule has 3 rings (SSSR count). The van der Waals surface area contributed by atoms with Crippen LogP contribution in [0.15, 0.2) is 59.5 Å². The number of halogens is 2. The van der Waals surface area contributed by atoms with Crippen LogP contribution in [-0.4, -0.2) is 14.3 Å². The normalized spacial score (nSPS) is 11.3. The van der Waals surface area contributed by atoms with E-state index in [1.807, 2.05) is 26.0 Å². The van der Waals surface area contributed by atoms with Crippen LogP contribution in [0.4, 0.5) is 5.69 Å². The van der Waals surface area contributed by atoms with Crippen LogP contribution in [-0.2, 0) is 16.6 Å². The first kappa shape index (κ1) is 23.1. The average molecular weight is 477 g/mol. The highest BCUT2D eigenvalue weighted by Crippen LogP contribution is 2.24. The molecule has 1 amide bonds. The summed E-state index contributed by atoms with van der Waals surface area (Å²) in [5.74, 6) is -0.408. The van der Waals surface area contributed by atoms with Gasteiger partial charge in [-0.2, -0.15) is 0 Å². The van der Waals surface area contributed by atoms with Crippen molar-refractivity contribution >= 4 is 44.8 Å². The number of hydrogen-bond donors (Lipinski definition) is 2. The second-order valence-electron chi connectivity index (χ2n) is 7.32. The number of benzene rings is 3. The third-order valence-corrected chi connectivity index (χ3v) is 6.92. The Morgan fingerprint density at radius 1 is 0.903 bits per heavy atom. The number of nitrogens with one attached hydrogen (secondary N) is 2. The van der Waals surface area contributed by atoms with Gasteiger partial charge in [0.2, 0.25) is 0 Å². The van der Waals surface area contributed by atoms with Crippen LogP contribution in [0.5, 0.6) is 0 Å². The predicted octanol–water partition coefficient (Wildman–Crippen LogP) is 5.65. The molecule has 0 saturated heterocycles. The fourth-order valence-electron chi connectivity index (χ4n) is 3.10. The summed E-state index contributed by atoms with van der Waals surface area (Å²) in [5.41, 5.74) is 3.82. The Balaban J connectivity index is 1.82. The van der Waals surface area contributed by atoms with E-state index in [2.05, 4.69) is 10.0 Å². The lowest BCUT2D eigenvalue weighted by atomic mass is 10.1. The highest BCUT2D eigenvalue weighted by molar-refractivity contribution is 7.92. The number of carbonyl (C=O) groups is 1. The second kappa shape index (κ2) is 9.30. The molecule has 0 aliphatic heterocycles. The van der Waals surface area contributed by atoms with Crippen molar-refractivity contribution in [1.82, 2.24) is 5.32 Å². The maximum atomic E-state index is 13.0. The summed E-state index contributed by atoms with van der Waals surface area (Å²) in [6.07, 6.45) is 0. The van der Waals surface area contributed by atoms with Crippen LogP contribution < -0.4 is 10.0 Å². The van der Waals surface area contributed by atoms with E-state index in [0.29, 0.717) is 26.9 Å². The first-order chi connectivity index (χ1) is 14.6. The lowest BCUT2D eigenvalue weighted by molar-refractivity contribution is 0.0950. The summed E-state index contributed by atoms with van der Waals surface area (Å²) in [6, 6.07) is 15.0. The van der Waals surface area contributed by atoms with Crippen molar-refractivity contribution in [3.63, 3.8) is 0 Å². The van der Waals surface area contributed by atoms with Crippen molar-refractivity contribution in [2.45, 2.75) is 32.2 Å². The van der Waals surface area contributed by atoms with E-state index in [-0.39, 0.29) is 17.0 Å². The average Bonchev–Trinajstić information content (AvgIpc) is 2.69. The maximum absolute atomic E-state index is 13.0. The number of hydrogen-bond acceptors (Lipinski definition) is 3. The first-order valence-corrected chi connectivity index (χ1v) is 11.7. The highest BCUT2D eigenvalue weighted by Gasteiger charge is 2.20. The SMILES string of the molecule is Cc1ccc(NS(=O)(=O)c2cc(C(=O)NCc3ccc(Cl)cc3Cl)ccc2C)c(C)c1. The van der Waals surface area contributed by atoms with Crippen LogP contribution in [0.25, 0.3) is 0 Å².